The van der Waals surface area contributed by atoms with Gasteiger partial charge in [-0.05, 0) is 48.3 Å². The van der Waals surface area contributed by atoms with Crippen LogP contribution in [0.4, 0.5) is 0 Å². The maximum absolute atomic E-state index is 12.1. The zero-order valence-corrected chi connectivity index (χ0v) is 28.3. The predicted octanol–water partition coefficient (Wildman–Crippen LogP) is 12.6. The van der Waals surface area contributed by atoms with Crippen LogP contribution in [0, 0.1) is 0 Å². The van der Waals surface area contributed by atoms with E-state index in [1.807, 2.05) is 12.1 Å². The minimum absolute atomic E-state index is 0.0351. The molecule has 0 aromatic heterocycles. The number of hydrogen-bond acceptors (Lipinski definition) is 2. The van der Waals surface area contributed by atoms with Crippen LogP contribution < -0.4 is 0 Å². The minimum Gasteiger partial charge on any atom is -0.282 e. The van der Waals surface area contributed by atoms with Gasteiger partial charge in [0.25, 0.3) is 10.1 Å². The molecule has 240 valence electrons. The van der Waals surface area contributed by atoms with Crippen molar-refractivity contribution in [2.75, 3.05) is 0 Å². The molecule has 0 unspecified atom stereocenters. The topological polar surface area (TPSA) is 54.4 Å². The van der Waals surface area contributed by atoms with E-state index >= 15 is 0 Å². The summed E-state index contributed by atoms with van der Waals surface area (Å²) in [6, 6.07) is 9.69. The summed E-state index contributed by atoms with van der Waals surface area (Å²) in [5, 5.41) is 1.66. The Balaban J connectivity index is 1.75. The number of aryl methyl sites for hydroxylation is 2. The lowest BCUT2D eigenvalue weighted by Crippen LogP contribution is -2.01. The Bertz CT molecular complexity index is 1060. The van der Waals surface area contributed by atoms with Crippen LogP contribution in [0.3, 0.4) is 0 Å². The van der Waals surface area contributed by atoms with Crippen LogP contribution in [0.15, 0.2) is 35.2 Å². The van der Waals surface area contributed by atoms with Gasteiger partial charge in [0.1, 0.15) is 4.90 Å². The smallest absolute Gasteiger partial charge is 0.282 e. The predicted molar refractivity (Wildman–Crippen MR) is 183 cm³/mol. The maximum atomic E-state index is 12.1. The van der Waals surface area contributed by atoms with Crippen molar-refractivity contribution in [3.63, 3.8) is 0 Å². The first-order valence-corrected chi connectivity index (χ1v) is 19.4. The van der Waals surface area contributed by atoms with E-state index < -0.39 is 10.1 Å². The lowest BCUT2D eigenvalue weighted by atomic mass is 9.95. The molecular weight excluding hydrogens is 536 g/mol. The van der Waals surface area contributed by atoms with Gasteiger partial charge in [-0.25, -0.2) is 0 Å². The third kappa shape index (κ3) is 15.9. The number of fused-ring (bicyclic) bond motifs is 1. The van der Waals surface area contributed by atoms with Crippen molar-refractivity contribution in [1.29, 1.82) is 0 Å². The van der Waals surface area contributed by atoms with E-state index in [0.717, 1.165) is 24.6 Å². The average Bonchev–Trinajstić information content (AvgIpc) is 2.97. The fourth-order valence-electron chi connectivity index (χ4n) is 6.35. The summed E-state index contributed by atoms with van der Waals surface area (Å²) < 4.78 is 34.0. The van der Waals surface area contributed by atoms with Gasteiger partial charge >= 0.3 is 0 Å². The van der Waals surface area contributed by atoms with Gasteiger partial charge in [0, 0.05) is 5.39 Å². The van der Waals surface area contributed by atoms with E-state index in [-0.39, 0.29) is 4.90 Å². The van der Waals surface area contributed by atoms with Crippen LogP contribution in [0.2, 0.25) is 0 Å². The fourth-order valence-corrected chi connectivity index (χ4v) is 7.05. The molecule has 0 bridgehead atoms. The van der Waals surface area contributed by atoms with Crippen LogP contribution in [-0.4, -0.2) is 13.0 Å². The van der Waals surface area contributed by atoms with Crippen molar-refractivity contribution in [3.05, 3.63) is 41.5 Å². The normalized spacial score (nSPS) is 12.0. The highest BCUT2D eigenvalue weighted by atomic mass is 32.2. The zero-order valence-electron chi connectivity index (χ0n) is 27.4. The van der Waals surface area contributed by atoms with E-state index in [1.54, 1.807) is 6.07 Å². The van der Waals surface area contributed by atoms with E-state index in [9.17, 15) is 13.0 Å². The van der Waals surface area contributed by atoms with Gasteiger partial charge in [-0.1, -0.05) is 179 Å². The van der Waals surface area contributed by atoms with Gasteiger partial charge in [-0.15, -0.1) is 0 Å². The van der Waals surface area contributed by atoms with Gasteiger partial charge < -0.3 is 0 Å². The number of rotatable bonds is 27. The first-order valence-electron chi connectivity index (χ1n) is 18.0. The molecule has 2 aromatic rings. The van der Waals surface area contributed by atoms with Crippen molar-refractivity contribution < 1.29 is 13.0 Å². The third-order valence-electron chi connectivity index (χ3n) is 9.03. The van der Waals surface area contributed by atoms with Crippen molar-refractivity contribution in [2.24, 2.45) is 0 Å². The Hall–Kier alpha value is -1.39. The molecule has 0 saturated carbocycles. The molecule has 2 rings (SSSR count). The Kier molecular flexibility index (Phi) is 20.2. The lowest BCUT2D eigenvalue weighted by Gasteiger charge is -2.12. The SMILES string of the molecule is CCCCCCCCCCCCCCc1ccc2c(S(=O)(=O)O)ccc(CCCCCCCCCCCCCC)c2c1. The lowest BCUT2D eigenvalue weighted by molar-refractivity contribution is 0.484. The zero-order chi connectivity index (χ0) is 30.3. The van der Waals surface area contributed by atoms with Crippen molar-refractivity contribution in [2.45, 2.75) is 186 Å². The number of hydrogen-bond donors (Lipinski definition) is 1. The summed E-state index contributed by atoms with van der Waals surface area (Å²) in [4.78, 5) is 0.0351. The summed E-state index contributed by atoms with van der Waals surface area (Å²) in [5.74, 6) is 0. The average molecular weight is 601 g/mol. The summed E-state index contributed by atoms with van der Waals surface area (Å²) in [5.41, 5.74) is 2.49. The number of benzene rings is 2. The Morgan fingerprint density at radius 1 is 0.476 bits per heavy atom. The number of unbranched alkanes of at least 4 members (excludes halogenated alkanes) is 22. The molecule has 0 aliphatic rings. The minimum atomic E-state index is -4.25. The molecule has 3 nitrogen and oxygen atoms in total. The second-order valence-electron chi connectivity index (χ2n) is 12.9. The first-order chi connectivity index (χ1) is 20.5. The molecule has 4 heteroatoms. The highest BCUT2D eigenvalue weighted by Crippen LogP contribution is 2.29. The van der Waals surface area contributed by atoms with Crippen molar-refractivity contribution in [3.8, 4) is 0 Å². The van der Waals surface area contributed by atoms with E-state index in [4.69, 9.17) is 0 Å². The molecular formula is C38H64O3S. The molecule has 0 atom stereocenters. The molecule has 0 amide bonds. The second kappa shape index (κ2) is 23.1. The van der Waals surface area contributed by atoms with Crippen LogP contribution >= 0.6 is 0 Å². The van der Waals surface area contributed by atoms with Gasteiger partial charge in [0.05, 0.1) is 0 Å². The molecule has 0 aliphatic carbocycles. The molecule has 0 aliphatic heterocycles. The maximum Gasteiger partial charge on any atom is 0.295 e. The summed E-state index contributed by atoms with van der Waals surface area (Å²) in [7, 11) is -4.25. The van der Waals surface area contributed by atoms with Gasteiger partial charge in [-0.2, -0.15) is 8.42 Å². The van der Waals surface area contributed by atoms with Crippen LogP contribution in [-0.2, 0) is 23.0 Å². The monoisotopic (exact) mass is 600 g/mol. The first kappa shape index (κ1) is 36.8. The van der Waals surface area contributed by atoms with Gasteiger partial charge in [0.15, 0.2) is 0 Å². The molecule has 0 radical (unpaired) electrons. The molecule has 0 saturated heterocycles. The molecule has 0 fully saturated rings. The summed E-state index contributed by atoms with van der Waals surface area (Å²) in [6.07, 6.45) is 34.1. The second-order valence-corrected chi connectivity index (χ2v) is 14.2. The van der Waals surface area contributed by atoms with Crippen molar-refractivity contribution >= 4 is 20.9 Å². The van der Waals surface area contributed by atoms with Gasteiger partial charge in [0.2, 0.25) is 0 Å². The fraction of sp³-hybridized carbons (Fsp3) is 0.737. The highest BCUT2D eigenvalue weighted by Gasteiger charge is 2.16. The highest BCUT2D eigenvalue weighted by molar-refractivity contribution is 7.86. The molecule has 0 heterocycles. The molecule has 42 heavy (non-hydrogen) atoms. The third-order valence-corrected chi connectivity index (χ3v) is 9.94. The molecule has 2 aromatic carbocycles. The summed E-state index contributed by atoms with van der Waals surface area (Å²) >= 11 is 0. The largest absolute Gasteiger partial charge is 0.295 e. The van der Waals surface area contributed by atoms with E-state index in [2.05, 4.69) is 26.0 Å². The van der Waals surface area contributed by atoms with Gasteiger partial charge in [-0.3, -0.25) is 4.55 Å². The Morgan fingerprint density at radius 2 is 0.881 bits per heavy atom. The summed E-state index contributed by atoms with van der Waals surface area (Å²) in [6.45, 7) is 4.55. The molecule has 1 N–H and O–H groups in total. The van der Waals surface area contributed by atoms with E-state index in [0.29, 0.717) is 5.39 Å². The van der Waals surface area contributed by atoms with Crippen LogP contribution in [0.25, 0.3) is 10.8 Å². The van der Waals surface area contributed by atoms with Crippen LogP contribution in [0.5, 0.6) is 0 Å². The quantitative estimate of drug-likeness (QED) is 0.0819. The Morgan fingerprint density at radius 3 is 1.31 bits per heavy atom. The Labute approximate surface area is 260 Å². The standard InChI is InChI=1S/C38H64O3S/c1-3-5-7-9-11-13-15-17-19-21-23-25-27-34-29-31-36-37(33-34)35(30-32-38(36)42(39,40)41)28-26-24-22-20-18-16-14-12-10-8-6-4-2/h29-33H,3-28H2,1-2H3,(H,39,40,41). The van der Waals surface area contributed by atoms with E-state index in [1.165, 1.54) is 159 Å². The molecule has 0 spiro atoms. The van der Waals surface area contributed by atoms with Crippen LogP contribution in [0.1, 0.15) is 179 Å². The van der Waals surface area contributed by atoms with Crippen molar-refractivity contribution in [1.82, 2.24) is 0 Å².